The van der Waals surface area contributed by atoms with Crippen LogP contribution in [0.3, 0.4) is 0 Å². The molecule has 0 heterocycles. The maximum absolute atomic E-state index is 12.4. The molecule has 0 aliphatic rings. The number of benzene rings is 1. The number of nitro groups is 1. The highest BCUT2D eigenvalue weighted by Gasteiger charge is 2.22. The SMILES string of the molecule is CCN(CCCNC)C(=O)c1cc(B(O)O)cc([N+](=O)[O-])c1. The minimum Gasteiger partial charge on any atom is -0.423 e. The molecule has 22 heavy (non-hydrogen) atoms. The monoisotopic (exact) mass is 309 g/mol. The Kier molecular flexibility index (Phi) is 6.96. The smallest absolute Gasteiger partial charge is 0.423 e. The summed E-state index contributed by atoms with van der Waals surface area (Å²) in [5.74, 6) is -0.371. The Labute approximate surface area is 129 Å². The molecular weight excluding hydrogens is 289 g/mol. The normalized spacial score (nSPS) is 10.4. The first-order valence-corrected chi connectivity index (χ1v) is 7.00. The first-order valence-electron chi connectivity index (χ1n) is 7.00. The van der Waals surface area contributed by atoms with Crippen molar-refractivity contribution in [3.63, 3.8) is 0 Å². The minimum atomic E-state index is -1.87. The zero-order valence-corrected chi connectivity index (χ0v) is 12.7. The summed E-state index contributed by atoms with van der Waals surface area (Å²) in [4.78, 5) is 24.2. The molecule has 0 bridgehead atoms. The standard InChI is InChI=1S/C13H20BN3O5/c1-3-16(6-4-5-15-2)13(18)10-7-11(14(19)20)9-12(8-10)17(21)22/h7-9,15,19-20H,3-6H2,1-2H3. The van der Waals surface area contributed by atoms with Crippen molar-refractivity contribution in [3.05, 3.63) is 33.9 Å². The van der Waals surface area contributed by atoms with Crippen molar-refractivity contribution in [2.24, 2.45) is 0 Å². The molecule has 1 aromatic carbocycles. The zero-order valence-electron chi connectivity index (χ0n) is 12.7. The Balaban J connectivity index is 3.06. The van der Waals surface area contributed by atoms with Gasteiger partial charge in [-0.3, -0.25) is 14.9 Å². The second-order valence-corrected chi connectivity index (χ2v) is 4.79. The van der Waals surface area contributed by atoms with E-state index in [4.69, 9.17) is 0 Å². The molecule has 0 fully saturated rings. The predicted molar refractivity (Wildman–Crippen MR) is 83.0 cm³/mol. The molecule has 0 atom stereocenters. The lowest BCUT2D eigenvalue weighted by atomic mass is 9.79. The quantitative estimate of drug-likeness (QED) is 0.254. The summed E-state index contributed by atoms with van der Waals surface area (Å²) in [6.45, 7) is 3.54. The second kappa shape index (κ2) is 8.47. The molecule has 8 nitrogen and oxygen atoms in total. The summed E-state index contributed by atoms with van der Waals surface area (Å²) < 4.78 is 0. The fourth-order valence-corrected chi connectivity index (χ4v) is 2.05. The van der Waals surface area contributed by atoms with Crippen LogP contribution in [0.15, 0.2) is 18.2 Å². The van der Waals surface area contributed by atoms with E-state index in [2.05, 4.69) is 5.32 Å². The van der Waals surface area contributed by atoms with Crippen molar-refractivity contribution in [2.45, 2.75) is 13.3 Å². The Bertz CT molecular complexity index is 538. The highest BCUT2D eigenvalue weighted by Crippen LogP contribution is 2.14. The van der Waals surface area contributed by atoms with Gasteiger partial charge in [0.05, 0.1) is 4.92 Å². The van der Waals surface area contributed by atoms with Crippen molar-refractivity contribution in [3.8, 4) is 0 Å². The van der Waals surface area contributed by atoms with E-state index in [1.54, 1.807) is 4.90 Å². The summed E-state index contributed by atoms with van der Waals surface area (Å²) in [7, 11) is -0.0565. The molecule has 0 saturated heterocycles. The van der Waals surface area contributed by atoms with Gasteiger partial charge in [-0.2, -0.15) is 0 Å². The van der Waals surface area contributed by atoms with Crippen LogP contribution in [0.4, 0.5) is 5.69 Å². The van der Waals surface area contributed by atoms with Gasteiger partial charge in [0, 0.05) is 30.8 Å². The van der Waals surface area contributed by atoms with E-state index < -0.39 is 12.0 Å². The molecule has 9 heteroatoms. The van der Waals surface area contributed by atoms with Crippen LogP contribution in [0.25, 0.3) is 0 Å². The van der Waals surface area contributed by atoms with Gasteiger partial charge in [-0.05, 0) is 38.5 Å². The lowest BCUT2D eigenvalue weighted by Crippen LogP contribution is -2.35. The Morgan fingerprint density at radius 2 is 2.09 bits per heavy atom. The van der Waals surface area contributed by atoms with Gasteiger partial charge in [0.2, 0.25) is 0 Å². The summed E-state index contributed by atoms with van der Waals surface area (Å²) in [5.41, 5.74) is -0.354. The third-order valence-electron chi connectivity index (χ3n) is 3.22. The number of hydrogen-bond donors (Lipinski definition) is 3. The molecule has 120 valence electrons. The molecule has 0 saturated carbocycles. The van der Waals surface area contributed by atoms with E-state index in [1.807, 2.05) is 14.0 Å². The maximum Gasteiger partial charge on any atom is 0.488 e. The molecule has 0 radical (unpaired) electrons. The average molecular weight is 309 g/mol. The van der Waals surface area contributed by atoms with E-state index in [0.717, 1.165) is 25.1 Å². The summed E-state index contributed by atoms with van der Waals surface area (Å²) in [5, 5.41) is 32.3. The largest absolute Gasteiger partial charge is 0.488 e. The number of carbonyl (C=O) groups is 1. The summed E-state index contributed by atoms with van der Waals surface area (Å²) >= 11 is 0. The van der Waals surface area contributed by atoms with Gasteiger partial charge in [-0.25, -0.2) is 0 Å². The third kappa shape index (κ3) is 4.80. The van der Waals surface area contributed by atoms with Crippen LogP contribution in [-0.4, -0.2) is 59.6 Å². The molecule has 1 aromatic rings. The number of amides is 1. The maximum atomic E-state index is 12.4. The van der Waals surface area contributed by atoms with Crippen LogP contribution in [0, 0.1) is 10.1 Å². The van der Waals surface area contributed by atoms with Crippen molar-refractivity contribution in [1.29, 1.82) is 0 Å². The van der Waals surface area contributed by atoms with Crippen LogP contribution in [0.5, 0.6) is 0 Å². The summed E-state index contributed by atoms with van der Waals surface area (Å²) in [6.07, 6.45) is 0.750. The molecule has 0 aliphatic carbocycles. The first kappa shape index (κ1) is 18.1. The molecule has 0 spiro atoms. The van der Waals surface area contributed by atoms with Gasteiger partial charge in [-0.1, -0.05) is 0 Å². The first-order chi connectivity index (χ1) is 10.4. The Hall–Kier alpha value is -1.97. The lowest BCUT2D eigenvalue weighted by molar-refractivity contribution is -0.384. The van der Waals surface area contributed by atoms with E-state index in [1.165, 1.54) is 6.07 Å². The highest BCUT2D eigenvalue weighted by molar-refractivity contribution is 6.58. The van der Waals surface area contributed by atoms with Gasteiger partial charge in [-0.15, -0.1) is 0 Å². The van der Waals surface area contributed by atoms with E-state index in [0.29, 0.717) is 13.1 Å². The van der Waals surface area contributed by atoms with E-state index in [-0.39, 0.29) is 22.6 Å². The molecule has 0 aromatic heterocycles. The Morgan fingerprint density at radius 3 is 2.59 bits per heavy atom. The number of nitrogens with zero attached hydrogens (tertiary/aromatic N) is 2. The van der Waals surface area contributed by atoms with Crippen LogP contribution >= 0.6 is 0 Å². The summed E-state index contributed by atoms with van der Waals surface area (Å²) in [6, 6.07) is 3.45. The number of carbonyl (C=O) groups excluding carboxylic acids is 1. The Morgan fingerprint density at radius 1 is 1.41 bits per heavy atom. The van der Waals surface area contributed by atoms with Crippen LogP contribution < -0.4 is 10.8 Å². The fraction of sp³-hybridized carbons (Fsp3) is 0.462. The van der Waals surface area contributed by atoms with Gasteiger partial charge >= 0.3 is 7.12 Å². The van der Waals surface area contributed by atoms with E-state index >= 15 is 0 Å². The molecule has 1 amide bonds. The van der Waals surface area contributed by atoms with Crippen molar-refractivity contribution in [1.82, 2.24) is 10.2 Å². The molecule has 3 N–H and O–H groups in total. The zero-order chi connectivity index (χ0) is 16.7. The molecule has 0 aliphatic heterocycles. The second-order valence-electron chi connectivity index (χ2n) is 4.79. The predicted octanol–water partition coefficient (Wildman–Crippen LogP) is -0.654. The van der Waals surface area contributed by atoms with Gasteiger partial charge in [0.1, 0.15) is 0 Å². The molecular formula is C13H20BN3O5. The topological polar surface area (TPSA) is 116 Å². The minimum absolute atomic E-state index is 0.0728. The van der Waals surface area contributed by atoms with Crippen molar-refractivity contribution in [2.75, 3.05) is 26.7 Å². The van der Waals surface area contributed by atoms with E-state index in [9.17, 15) is 25.0 Å². The fourth-order valence-electron chi connectivity index (χ4n) is 2.05. The van der Waals surface area contributed by atoms with Crippen LogP contribution in [-0.2, 0) is 0 Å². The number of hydrogen-bond acceptors (Lipinski definition) is 6. The van der Waals surface area contributed by atoms with Gasteiger partial charge < -0.3 is 20.3 Å². The number of non-ortho nitro benzene ring substituents is 1. The number of nitro benzene ring substituents is 1. The van der Waals surface area contributed by atoms with Gasteiger partial charge in [0.15, 0.2) is 0 Å². The van der Waals surface area contributed by atoms with Crippen molar-refractivity contribution < 1.29 is 19.8 Å². The number of nitrogens with one attached hydrogen (secondary N) is 1. The van der Waals surface area contributed by atoms with Crippen LogP contribution in [0.1, 0.15) is 23.7 Å². The lowest BCUT2D eigenvalue weighted by Gasteiger charge is -2.21. The molecule has 0 unspecified atom stereocenters. The number of rotatable bonds is 8. The van der Waals surface area contributed by atoms with Crippen LogP contribution in [0.2, 0.25) is 0 Å². The highest BCUT2D eigenvalue weighted by atomic mass is 16.6. The third-order valence-corrected chi connectivity index (χ3v) is 3.22. The molecule has 1 rings (SSSR count). The van der Waals surface area contributed by atoms with Crippen molar-refractivity contribution >= 4 is 24.2 Å². The average Bonchev–Trinajstić information content (AvgIpc) is 2.50. The van der Waals surface area contributed by atoms with Gasteiger partial charge in [0.25, 0.3) is 11.6 Å².